The summed E-state index contributed by atoms with van der Waals surface area (Å²) in [6.07, 6.45) is 41.7. The molecule has 0 fully saturated rings. The molecule has 0 saturated heterocycles. The van der Waals surface area contributed by atoms with E-state index in [9.17, 15) is 14.4 Å². The van der Waals surface area contributed by atoms with Crippen molar-refractivity contribution in [1.29, 1.82) is 0 Å². The van der Waals surface area contributed by atoms with E-state index in [0.717, 1.165) is 174 Å². The number of hydrogen-bond donors (Lipinski definition) is 0. The van der Waals surface area contributed by atoms with E-state index >= 15 is 0 Å². The van der Waals surface area contributed by atoms with E-state index in [2.05, 4.69) is 53.6 Å². The van der Waals surface area contributed by atoms with Crippen LogP contribution in [0.15, 0.2) is 0 Å². The second-order valence-electron chi connectivity index (χ2n) is 20.1. The first kappa shape index (κ1) is 64.1. The molecule has 0 unspecified atom stereocenters. The summed E-state index contributed by atoms with van der Waals surface area (Å²) in [6.45, 7) is 14.8. The molecule has 0 aliphatic rings. The Balaban J connectivity index is 4.98. The summed E-state index contributed by atoms with van der Waals surface area (Å²) in [5, 5.41) is 0. The lowest BCUT2D eigenvalue weighted by Gasteiger charge is -2.26. The van der Waals surface area contributed by atoms with Crippen molar-refractivity contribution in [3.05, 3.63) is 0 Å². The first-order valence-corrected chi connectivity index (χ1v) is 28.8. The van der Waals surface area contributed by atoms with Gasteiger partial charge in [0.1, 0.15) is 18.3 Å². The zero-order valence-corrected chi connectivity index (χ0v) is 45.1. The van der Waals surface area contributed by atoms with Crippen LogP contribution in [-0.2, 0) is 28.5 Å². The van der Waals surface area contributed by atoms with E-state index in [1.165, 1.54) is 77.0 Å². The number of ether oxygens (including phenoxy) is 4. The maximum absolute atomic E-state index is 13.7. The summed E-state index contributed by atoms with van der Waals surface area (Å²) in [4.78, 5) is 43.3. The molecule has 0 spiro atoms. The van der Waals surface area contributed by atoms with E-state index in [1.807, 2.05) is 4.90 Å². The molecule has 0 aromatic carbocycles. The summed E-state index contributed by atoms with van der Waals surface area (Å²) < 4.78 is 24.1. The highest BCUT2D eigenvalue weighted by Crippen LogP contribution is 2.21. The highest BCUT2D eigenvalue weighted by Gasteiger charge is 2.21. The van der Waals surface area contributed by atoms with Crippen LogP contribution in [0, 0.1) is 0 Å². The van der Waals surface area contributed by atoms with Crippen molar-refractivity contribution < 1.29 is 33.3 Å². The summed E-state index contributed by atoms with van der Waals surface area (Å²) in [5.41, 5.74) is 0. The minimum Gasteiger partial charge on any atom is -0.462 e. The molecule has 0 N–H and O–H groups in total. The Bertz CT molecular complexity index is 976. The van der Waals surface area contributed by atoms with Gasteiger partial charge in [-0.15, -0.1) is 0 Å². The van der Waals surface area contributed by atoms with Crippen LogP contribution in [0.3, 0.4) is 0 Å². The molecular weight excluding hydrogens is 825 g/mol. The Morgan fingerprint density at radius 1 is 0.348 bits per heavy atom. The molecule has 0 rings (SSSR count). The third-order valence-corrected chi connectivity index (χ3v) is 13.1. The predicted octanol–water partition coefficient (Wildman–Crippen LogP) is 16.5. The van der Waals surface area contributed by atoms with E-state index in [1.54, 1.807) is 0 Å². The lowest BCUT2D eigenvalue weighted by Crippen LogP contribution is -2.37. The molecule has 0 saturated carbocycles. The quantitative estimate of drug-likeness (QED) is 0.0338. The van der Waals surface area contributed by atoms with Gasteiger partial charge < -0.3 is 28.7 Å². The van der Waals surface area contributed by atoms with Crippen LogP contribution >= 0.6 is 0 Å². The molecule has 392 valence electrons. The third-order valence-electron chi connectivity index (χ3n) is 13.1. The van der Waals surface area contributed by atoms with Gasteiger partial charge in [-0.05, 0) is 130 Å². The Morgan fingerprint density at radius 3 is 1.05 bits per heavy atom. The summed E-state index contributed by atoms with van der Waals surface area (Å²) in [7, 11) is 4.15. The Labute approximate surface area is 410 Å². The molecule has 9 heteroatoms. The minimum absolute atomic E-state index is 0.00937. The van der Waals surface area contributed by atoms with Gasteiger partial charge in [-0.2, -0.15) is 0 Å². The minimum atomic E-state index is -0.179. The molecule has 0 heterocycles. The van der Waals surface area contributed by atoms with Crippen molar-refractivity contribution in [2.75, 3.05) is 46.9 Å². The average Bonchev–Trinajstić information content (AvgIpc) is 3.29. The lowest BCUT2D eigenvalue weighted by molar-refractivity contribution is -0.151. The normalized spacial score (nSPS) is 11.7. The highest BCUT2D eigenvalue weighted by molar-refractivity contribution is 5.70. The Kier molecular flexibility index (Phi) is 48.1. The predicted molar refractivity (Wildman–Crippen MR) is 279 cm³/mol. The van der Waals surface area contributed by atoms with Crippen LogP contribution < -0.4 is 0 Å². The van der Waals surface area contributed by atoms with Gasteiger partial charge >= 0.3 is 18.0 Å². The molecule has 0 aromatic rings. The average molecular weight is 938 g/mol. The molecule has 1 amide bonds. The van der Waals surface area contributed by atoms with Gasteiger partial charge in [-0.1, -0.05) is 163 Å². The zero-order valence-electron chi connectivity index (χ0n) is 45.1. The molecule has 0 atom stereocenters. The Hall–Kier alpha value is -1.87. The van der Waals surface area contributed by atoms with E-state index in [4.69, 9.17) is 18.9 Å². The molecule has 66 heavy (non-hydrogen) atoms. The number of carbonyl (C=O) groups excluding carboxylic acids is 3. The number of carbonyl (C=O) groups is 3. The van der Waals surface area contributed by atoms with Crippen molar-refractivity contribution in [3.63, 3.8) is 0 Å². The maximum Gasteiger partial charge on any atom is 0.410 e. The fourth-order valence-electron chi connectivity index (χ4n) is 8.86. The lowest BCUT2D eigenvalue weighted by atomic mass is 10.0. The van der Waals surface area contributed by atoms with Crippen LogP contribution in [-0.4, -0.2) is 93.1 Å². The van der Waals surface area contributed by atoms with Gasteiger partial charge in [-0.25, -0.2) is 4.79 Å². The number of unbranched alkanes of at least 4 members (excludes halogenated alkanes) is 22. The smallest absolute Gasteiger partial charge is 0.410 e. The van der Waals surface area contributed by atoms with Gasteiger partial charge in [0, 0.05) is 39.1 Å². The molecule has 0 bridgehead atoms. The maximum atomic E-state index is 13.7. The van der Waals surface area contributed by atoms with Gasteiger partial charge in [0.15, 0.2) is 0 Å². The fourth-order valence-corrected chi connectivity index (χ4v) is 8.86. The molecule has 0 aromatic heterocycles. The van der Waals surface area contributed by atoms with Crippen LogP contribution in [0.5, 0.6) is 0 Å². The van der Waals surface area contributed by atoms with Crippen molar-refractivity contribution in [3.8, 4) is 0 Å². The first-order chi connectivity index (χ1) is 32.2. The number of hydrogen-bond acceptors (Lipinski definition) is 8. The number of rotatable bonds is 51. The highest BCUT2D eigenvalue weighted by atomic mass is 16.6. The standard InChI is InChI=1S/C57H112N2O7/c1-8-13-17-29-39-52(40-30-18-14-9-2)64-55(60)45-35-27-23-21-25-33-43-54(66-57(62)59(48-37-47-58(6)7)49-38-51-63-50-12-5)44-34-26-22-24-28-36-46-56(61)65-53(41-31-19-15-10-3)42-32-20-16-11-4/h52-54H,8-51H2,1-7H3. The number of nitrogens with zero attached hydrogens (tertiary/aromatic N) is 2. The van der Waals surface area contributed by atoms with E-state index in [0.29, 0.717) is 32.5 Å². The van der Waals surface area contributed by atoms with Crippen molar-refractivity contribution in [2.24, 2.45) is 0 Å². The molecule has 0 aliphatic heterocycles. The summed E-state index contributed by atoms with van der Waals surface area (Å²) in [5.74, 6) is -0.0187. The van der Waals surface area contributed by atoms with E-state index in [-0.39, 0.29) is 36.3 Å². The number of amides is 1. The SMILES string of the molecule is CCCCCCC(CCCCCC)OC(=O)CCCCCCCCC(CCCCCCCCC(=O)OC(CCCCCC)CCCCCC)OC(=O)N(CCCOCCC)CCCN(C)C. The van der Waals surface area contributed by atoms with E-state index < -0.39 is 0 Å². The van der Waals surface area contributed by atoms with Gasteiger partial charge in [0.05, 0.1) is 0 Å². The van der Waals surface area contributed by atoms with Crippen LogP contribution in [0.2, 0.25) is 0 Å². The largest absolute Gasteiger partial charge is 0.462 e. The number of esters is 2. The van der Waals surface area contributed by atoms with Crippen LogP contribution in [0.25, 0.3) is 0 Å². The summed E-state index contributed by atoms with van der Waals surface area (Å²) in [6, 6.07) is 0. The Morgan fingerprint density at radius 2 is 0.682 bits per heavy atom. The molecule has 0 radical (unpaired) electrons. The molecule has 9 nitrogen and oxygen atoms in total. The second-order valence-corrected chi connectivity index (χ2v) is 20.1. The monoisotopic (exact) mass is 937 g/mol. The molecular formula is C57H112N2O7. The van der Waals surface area contributed by atoms with Gasteiger partial charge in [0.25, 0.3) is 0 Å². The second kappa shape index (κ2) is 49.5. The van der Waals surface area contributed by atoms with Crippen LogP contribution in [0.1, 0.15) is 285 Å². The fraction of sp³-hybridized carbons (Fsp3) is 0.947. The topological polar surface area (TPSA) is 94.6 Å². The van der Waals surface area contributed by atoms with Gasteiger partial charge in [-0.3, -0.25) is 9.59 Å². The zero-order chi connectivity index (χ0) is 48.6. The summed E-state index contributed by atoms with van der Waals surface area (Å²) >= 11 is 0. The van der Waals surface area contributed by atoms with Gasteiger partial charge in [0.2, 0.25) is 0 Å². The van der Waals surface area contributed by atoms with Crippen molar-refractivity contribution >= 4 is 18.0 Å². The third kappa shape index (κ3) is 43.4. The molecule has 0 aliphatic carbocycles. The van der Waals surface area contributed by atoms with Crippen molar-refractivity contribution in [1.82, 2.24) is 9.80 Å². The van der Waals surface area contributed by atoms with Crippen molar-refractivity contribution in [2.45, 2.75) is 303 Å². The first-order valence-electron chi connectivity index (χ1n) is 28.8. The van der Waals surface area contributed by atoms with Crippen LogP contribution in [0.4, 0.5) is 4.79 Å².